The Hall–Kier alpha value is -3.54. The molecular weight excluding hydrogens is 354 g/mol. The van der Waals surface area contributed by atoms with Crippen LogP contribution in [-0.4, -0.2) is 25.1 Å². The smallest absolute Gasteiger partial charge is 0.257 e. The number of methoxy groups -OCH3 is 2. The molecule has 0 fully saturated rings. The van der Waals surface area contributed by atoms with Crippen molar-refractivity contribution in [3.05, 3.63) is 71.5 Å². The van der Waals surface area contributed by atoms with Crippen LogP contribution in [0.25, 0.3) is 0 Å². The summed E-state index contributed by atoms with van der Waals surface area (Å²) in [5.74, 6) is 0.891. The van der Waals surface area contributed by atoms with E-state index in [4.69, 9.17) is 9.47 Å². The van der Waals surface area contributed by atoms with E-state index in [1.54, 1.807) is 44.7 Å². The number of carbonyl (C=O) groups is 1. The first-order valence-corrected chi connectivity index (χ1v) is 8.83. The molecule has 0 spiro atoms. The molecule has 3 rings (SSSR count). The monoisotopic (exact) mass is 377 g/mol. The Morgan fingerprint density at radius 3 is 2.54 bits per heavy atom. The zero-order valence-electron chi connectivity index (χ0n) is 16.4. The minimum Gasteiger partial charge on any atom is -0.497 e. The van der Waals surface area contributed by atoms with Gasteiger partial charge in [0.05, 0.1) is 37.4 Å². The lowest BCUT2D eigenvalue weighted by atomic mass is 10.1. The molecule has 2 N–H and O–H groups in total. The fourth-order valence-corrected chi connectivity index (χ4v) is 2.77. The molecule has 0 aliphatic carbocycles. The Morgan fingerprint density at radius 2 is 1.79 bits per heavy atom. The second-order valence-corrected chi connectivity index (χ2v) is 6.36. The van der Waals surface area contributed by atoms with Crippen LogP contribution in [-0.2, 0) is 0 Å². The number of pyridine rings is 1. The number of nitrogens with one attached hydrogen (secondary N) is 2. The Morgan fingerprint density at radius 1 is 0.964 bits per heavy atom. The Labute approximate surface area is 164 Å². The third-order valence-corrected chi connectivity index (χ3v) is 4.54. The maximum Gasteiger partial charge on any atom is 0.257 e. The van der Waals surface area contributed by atoms with Crippen LogP contribution in [0.2, 0.25) is 0 Å². The molecule has 1 aromatic heterocycles. The molecule has 6 nitrogen and oxygen atoms in total. The van der Waals surface area contributed by atoms with Gasteiger partial charge in [0.25, 0.3) is 5.91 Å². The van der Waals surface area contributed by atoms with Crippen LogP contribution in [0, 0.1) is 13.8 Å². The molecule has 1 amide bonds. The van der Waals surface area contributed by atoms with Crippen LogP contribution >= 0.6 is 0 Å². The van der Waals surface area contributed by atoms with Crippen molar-refractivity contribution in [1.82, 2.24) is 4.98 Å². The molecule has 0 unspecified atom stereocenters. The van der Waals surface area contributed by atoms with Crippen LogP contribution in [0.4, 0.5) is 17.1 Å². The van der Waals surface area contributed by atoms with Crippen molar-refractivity contribution in [2.75, 3.05) is 24.9 Å². The van der Waals surface area contributed by atoms with Gasteiger partial charge in [-0.3, -0.25) is 9.78 Å². The van der Waals surface area contributed by atoms with Crippen molar-refractivity contribution in [3.63, 3.8) is 0 Å². The molecule has 6 heteroatoms. The molecule has 3 aromatic rings. The highest BCUT2D eigenvalue weighted by molar-refractivity contribution is 6.05. The first kappa shape index (κ1) is 19.2. The van der Waals surface area contributed by atoms with Gasteiger partial charge in [0.15, 0.2) is 0 Å². The lowest BCUT2D eigenvalue weighted by molar-refractivity contribution is 0.102. The van der Waals surface area contributed by atoms with Gasteiger partial charge in [0, 0.05) is 18.0 Å². The molecule has 28 heavy (non-hydrogen) atoms. The van der Waals surface area contributed by atoms with Gasteiger partial charge in [-0.1, -0.05) is 12.1 Å². The van der Waals surface area contributed by atoms with Gasteiger partial charge in [0.2, 0.25) is 0 Å². The van der Waals surface area contributed by atoms with Crippen molar-refractivity contribution < 1.29 is 14.3 Å². The largest absolute Gasteiger partial charge is 0.497 e. The highest BCUT2D eigenvalue weighted by Crippen LogP contribution is 2.29. The number of anilines is 3. The number of hydrogen-bond donors (Lipinski definition) is 2. The number of benzene rings is 2. The third-order valence-electron chi connectivity index (χ3n) is 4.54. The van der Waals surface area contributed by atoms with Crippen LogP contribution < -0.4 is 20.1 Å². The number of aryl methyl sites for hydroxylation is 1. The highest BCUT2D eigenvalue weighted by atomic mass is 16.5. The summed E-state index contributed by atoms with van der Waals surface area (Å²) in [6.45, 7) is 4.11. The zero-order valence-corrected chi connectivity index (χ0v) is 16.4. The Balaban J connectivity index is 1.80. The number of amides is 1. The molecule has 0 aliphatic rings. The molecule has 0 atom stereocenters. The topological polar surface area (TPSA) is 72.5 Å². The van der Waals surface area contributed by atoms with Gasteiger partial charge < -0.3 is 20.1 Å². The second-order valence-electron chi connectivity index (χ2n) is 6.36. The highest BCUT2D eigenvalue weighted by Gasteiger charge is 2.12. The quantitative estimate of drug-likeness (QED) is 0.651. The Bertz CT molecular complexity index is 1000. The van der Waals surface area contributed by atoms with E-state index in [9.17, 15) is 4.79 Å². The summed E-state index contributed by atoms with van der Waals surface area (Å²) in [5, 5.41) is 6.18. The van der Waals surface area contributed by atoms with Gasteiger partial charge in [-0.25, -0.2) is 0 Å². The summed E-state index contributed by atoms with van der Waals surface area (Å²) < 4.78 is 10.5. The second kappa shape index (κ2) is 8.43. The standard InChI is InChI=1S/C22H23N3O3/c1-14-6-5-7-19(15(14)2)24-17-10-16(12-23-13-17)22(26)25-20-9-8-18(27-3)11-21(20)28-4/h5-13,24H,1-4H3,(H,25,26). The Kier molecular flexibility index (Phi) is 5.79. The predicted octanol–water partition coefficient (Wildman–Crippen LogP) is 4.71. The van der Waals surface area contributed by atoms with Crippen molar-refractivity contribution in [3.8, 4) is 11.5 Å². The lowest BCUT2D eigenvalue weighted by Crippen LogP contribution is -2.13. The minimum atomic E-state index is -0.277. The van der Waals surface area contributed by atoms with Crippen LogP contribution in [0.15, 0.2) is 54.9 Å². The summed E-state index contributed by atoms with van der Waals surface area (Å²) in [6.07, 6.45) is 3.21. The first-order chi connectivity index (χ1) is 13.5. The van der Waals surface area contributed by atoms with E-state index < -0.39 is 0 Å². The molecule has 144 valence electrons. The van der Waals surface area contributed by atoms with Crippen molar-refractivity contribution in [1.29, 1.82) is 0 Å². The van der Waals surface area contributed by atoms with Crippen molar-refractivity contribution >= 4 is 23.0 Å². The van der Waals surface area contributed by atoms with E-state index in [1.165, 1.54) is 11.8 Å². The number of rotatable bonds is 6. The lowest BCUT2D eigenvalue weighted by Gasteiger charge is -2.13. The first-order valence-electron chi connectivity index (χ1n) is 8.83. The maximum absolute atomic E-state index is 12.7. The van der Waals surface area contributed by atoms with Crippen LogP contribution in [0.3, 0.4) is 0 Å². The van der Waals surface area contributed by atoms with Gasteiger partial charge >= 0.3 is 0 Å². The molecular formula is C22H23N3O3. The molecule has 0 saturated heterocycles. The molecule has 0 bridgehead atoms. The number of nitrogens with zero attached hydrogens (tertiary/aromatic N) is 1. The maximum atomic E-state index is 12.7. The molecule has 0 aliphatic heterocycles. The normalized spacial score (nSPS) is 10.3. The van der Waals surface area contributed by atoms with E-state index in [2.05, 4.69) is 35.5 Å². The zero-order chi connectivity index (χ0) is 20.1. The average molecular weight is 377 g/mol. The predicted molar refractivity (Wildman–Crippen MR) is 111 cm³/mol. The number of hydrogen-bond acceptors (Lipinski definition) is 5. The molecule has 0 radical (unpaired) electrons. The van der Waals surface area contributed by atoms with E-state index >= 15 is 0 Å². The SMILES string of the molecule is COc1ccc(NC(=O)c2cncc(Nc3cccc(C)c3C)c2)c(OC)c1. The van der Waals surface area contributed by atoms with Gasteiger partial charge in [-0.05, 0) is 49.2 Å². The van der Waals surface area contributed by atoms with E-state index in [1.807, 2.05) is 12.1 Å². The molecule has 2 aromatic carbocycles. The molecule has 1 heterocycles. The van der Waals surface area contributed by atoms with Crippen molar-refractivity contribution in [2.45, 2.75) is 13.8 Å². The number of carbonyl (C=O) groups excluding carboxylic acids is 1. The third kappa shape index (κ3) is 4.23. The summed E-state index contributed by atoms with van der Waals surface area (Å²) >= 11 is 0. The minimum absolute atomic E-state index is 0.277. The summed E-state index contributed by atoms with van der Waals surface area (Å²) in [5.41, 5.74) is 5.06. The van der Waals surface area contributed by atoms with Gasteiger partial charge in [0.1, 0.15) is 11.5 Å². The van der Waals surface area contributed by atoms with Gasteiger partial charge in [-0.15, -0.1) is 0 Å². The van der Waals surface area contributed by atoms with E-state index in [0.29, 0.717) is 22.7 Å². The van der Waals surface area contributed by atoms with Crippen molar-refractivity contribution in [2.24, 2.45) is 0 Å². The summed E-state index contributed by atoms with van der Waals surface area (Å²) in [4.78, 5) is 16.9. The number of aromatic nitrogens is 1. The van der Waals surface area contributed by atoms with Crippen LogP contribution in [0.1, 0.15) is 21.5 Å². The summed E-state index contributed by atoms with van der Waals surface area (Å²) in [6, 6.07) is 13.0. The summed E-state index contributed by atoms with van der Waals surface area (Å²) in [7, 11) is 3.12. The molecule has 0 saturated carbocycles. The fourth-order valence-electron chi connectivity index (χ4n) is 2.77. The van der Waals surface area contributed by atoms with Crippen LogP contribution in [0.5, 0.6) is 11.5 Å². The average Bonchev–Trinajstić information content (AvgIpc) is 2.72. The fraction of sp³-hybridized carbons (Fsp3) is 0.182. The van der Waals surface area contributed by atoms with E-state index in [-0.39, 0.29) is 5.91 Å². The van der Waals surface area contributed by atoms with Gasteiger partial charge in [-0.2, -0.15) is 0 Å². The number of ether oxygens (including phenoxy) is 2. The van der Waals surface area contributed by atoms with E-state index in [0.717, 1.165) is 16.9 Å².